The van der Waals surface area contributed by atoms with Crippen molar-refractivity contribution >= 4 is 31.9 Å². The Morgan fingerprint density at radius 2 is 2.12 bits per heavy atom. The van der Waals surface area contributed by atoms with E-state index in [1.807, 2.05) is 6.92 Å². The lowest BCUT2D eigenvalue weighted by molar-refractivity contribution is 0.329. The van der Waals surface area contributed by atoms with Gasteiger partial charge in [-0.1, -0.05) is 45.7 Å². The largest absolute Gasteiger partial charge is 0.494 e. The zero-order chi connectivity index (χ0) is 11.9. The zero-order valence-corrected chi connectivity index (χ0v) is 13.0. The van der Waals surface area contributed by atoms with Crippen LogP contribution in [0, 0.1) is 0 Å². The highest BCUT2D eigenvalue weighted by molar-refractivity contribution is 9.11. The fourth-order valence-corrected chi connectivity index (χ4v) is 4.71. The van der Waals surface area contributed by atoms with Gasteiger partial charge in [-0.2, -0.15) is 0 Å². The molecule has 3 heteroatoms. The van der Waals surface area contributed by atoms with E-state index in [4.69, 9.17) is 4.74 Å². The number of hydrogen-bond acceptors (Lipinski definition) is 1. The van der Waals surface area contributed by atoms with Gasteiger partial charge in [0.25, 0.3) is 0 Å². The minimum absolute atomic E-state index is 0.178. The van der Waals surface area contributed by atoms with Crippen molar-refractivity contribution in [3.05, 3.63) is 27.7 Å². The van der Waals surface area contributed by atoms with Gasteiger partial charge in [0, 0.05) is 14.9 Å². The van der Waals surface area contributed by atoms with Crippen LogP contribution in [0.1, 0.15) is 43.1 Å². The van der Waals surface area contributed by atoms with E-state index >= 15 is 0 Å². The molecule has 0 saturated heterocycles. The molecule has 2 rings (SSSR count). The minimum atomic E-state index is 0.178. The molecule has 0 aliphatic heterocycles. The molecule has 0 aromatic heterocycles. The number of fused-ring (bicyclic) bond motifs is 1. The summed E-state index contributed by atoms with van der Waals surface area (Å²) in [6.45, 7) is 7.31. The number of halogens is 2. The van der Waals surface area contributed by atoms with E-state index in [0.29, 0.717) is 4.83 Å². The van der Waals surface area contributed by atoms with Crippen LogP contribution in [0.3, 0.4) is 0 Å². The van der Waals surface area contributed by atoms with E-state index in [1.54, 1.807) is 0 Å². The molecule has 1 nitrogen and oxygen atoms in total. The molecule has 1 unspecified atom stereocenters. The third-order valence-electron chi connectivity index (χ3n) is 3.13. The molecule has 0 bridgehead atoms. The Morgan fingerprint density at radius 1 is 1.44 bits per heavy atom. The van der Waals surface area contributed by atoms with Crippen LogP contribution in [-0.2, 0) is 5.41 Å². The van der Waals surface area contributed by atoms with Crippen molar-refractivity contribution in [2.45, 2.75) is 37.4 Å². The predicted octanol–water partition coefficient (Wildman–Crippen LogP) is 4.97. The number of hydrogen-bond donors (Lipinski definition) is 0. The molecule has 0 amide bonds. The first-order valence-electron chi connectivity index (χ1n) is 5.57. The Labute approximate surface area is 114 Å². The van der Waals surface area contributed by atoms with Crippen LogP contribution < -0.4 is 4.74 Å². The van der Waals surface area contributed by atoms with Gasteiger partial charge in [-0.25, -0.2) is 0 Å². The first-order valence-corrected chi connectivity index (χ1v) is 7.28. The minimum Gasteiger partial charge on any atom is -0.494 e. The summed E-state index contributed by atoms with van der Waals surface area (Å²) in [5, 5.41) is 0. The molecule has 1 aromatic rings. The zero-order valence-electron chi connectivity index (χ0n) is 9.81. The van der Waals surface area contributed by atoms with Crippen molar-refractivity contribution < 1.29 is 4.74 Å². The first kappa shape index (κ1) is 12.4. The summed E-state index contributed by atoms with van der Waals surface area (Å²) in [7, 11) is 0. The van der Waals surface area contributed by atoms with Gasteiger partial charge in [-0.15, -0.1) is 0 Å². The number of alkyl halides is 1. The van der Waals surface area contributed by atoms with Crippen LogP contribution >= 0.6 is 31.9 Å². The van der Waals surface area contributed by atoms with E-state index < -0.39 is 0 Å². The first-order chi connectivity index (χ1) is 7.47. The number of rotatable bonds is 2. The average molecular weight is 348 g/mol. The summed E-state index contributed by atoms with van der Waals surface area (Å²) in [6.07, 6.45) is 1.12. The van der Waals surface area contributed by atoms with E-state index in [0.717, 1.165) is 18.8 Å². The van der Waals surface area contributed by atoms with Crippen molar-refractivity contribution in [3.63, 3.8) is 0 Å². The van der Waals surface area contributed by atoms with Crippen molar-refractivity contribution in [2.75, 3.05) is 6.61 Å². The molecular weight excluding hydrogens is 332 g/mol. The van der Waals surface area contributed by atoms with Crippen LogP contribution in [0.4, 0.5) is 0 Å². The Bertz CT molecular complexity index is 413. The highest BCUT2D eigenvalue weighted by Gasteiger charge is 2.39. The molecule has 0 heterocycles. The SMILES string of the molecule is CCOc1ccc(Br)c2c1C(C)(C)CC2Br. The van der Waals surface area contributed by atoms with Gasteiger partial charge in [0.05, 0.1) is 6.61 Å². The Kier molecular flexibility index (Phi) is 3.37. The average Bonchev–Trinajstić information content (AvgIpc) is 2.43. The van der Waals surface area contributed by atoms with Gasteiger partial charge in [-0.05, 0) is 36.5 Å². The normalized spacial score (nSPS) is 21.9. The third-order valence-corrected chi connectivity index (χ3v) is 4.61. The maximum Gasteiger partial charge on any atom is 0.123 e. The highest BCUT2D eigenvalue weighted by atomic mass is 79.9. The van der Waals surface area contributed by atoms with Crippen molar-refractivity contribution in [3.8, 4) is 5.75 Å². The number of ether oxygens (including phenoxy) is 1. The molecule has 1 aliphatic rings. The fourth-order valence-electron chi connectivity index (χ4n) is 2.51. The summed E-state index contributed by atoms with van der Waals surface area (Å²) >= 11 is 7.40. The Balaban J connectivity index is 2.62. The third kappa shape index (κ3) is 1.92. The lowest BCUT2D eigenvalue weighted by Gasteiger charge is -2.22. The van der Waals surface area contributed by atoms with Crippen LogP contribution in [0.15, 0.2) is 16.6 Å². The summed E-state index contributed by atoms with van der Waals surface area (Å²) < 4.78 is 6.93. The van der Waals surface area contributed by atoms with Gasteiger partial charge >= 0.3 is 0 Å². The van der Waals surface area contributed by atoms with E-state index in [-0.39, 0.29) is 5.41 Å². The second-order valence-corrected chi connectivity index (χ2v) is 6.78. The van der Waals surface area contributed by atoms with Gasteiger partial charge in [0.2, 0.25) is 0 Å². The molecule has 0 fully saturated rings. The Hall–Kier alpha value is -0.0200. The topological polar surface area (TPSA) is 9.23 Å². The number of benzene rings is 1. The predicted molar refractivity (Wildman–Crippen MR) is 74.6 cm³/mol. The van der Waals surface area contributed by atoms with Gasteiger partial charge < -0.3 is 4.74 Å². The molecule has 0 N–H and O–H groups in total. The van der Waals surface area contributed by atoms with Crippen LogP contribution in [0.5, 0.6) is 5.75 Å². The second kappa shape index (κ2) is 4.34. The molecule has 16 heavy (non-hydrogen) atoms. The summed E-state index contributed by atoms with van der Waals surface area (Å²) in [6, 6.07) is 4.15. The van der Waals surface area contributed by atoms with E-state index in [9.17, 15) is 0 Å². The molecule has 0 spiro atoms. The molecule has 1 aliphatic carbocycles. The molecule has 1 aromatic carbocycles. The van der Waals surface area contributed by atoms with Crippen LogP contribution in [0.2, 0.25) is 0 Å². The smallest absolute Gasteiger partial charge is 0.123 e. The van der Waals surface area contributed by atoms with Crippen molar-refractivity contribution in [2.24, 2.45) is 0 Å². The molecule has 88 valence electrons. The maximum absolute atomic E-state index is 5.75. The lowest BCUT2D eigenvalue weighted by Crippen LogP contribution is -2.14. The summed E-state index contributed by atoms with van der Waals surface area (Å²) in [5.41, 5.74) is 2.89. The van der Waals surface area contributed by atoms with Gasteiger partial charge in [-0.3, -0.25) is 0 Å². The Morgan fingerprint density at radius 3 is 2.75 bits per heavy atom. The standard InChI is InChI=1S/C13H16Br2O/c1-4-16-10-6-5-8(14)11-9(15)7-13(2,3)12(10)11/h5-6,9H,4,7H2,1-3H3. The van der Waals surface area contributed by atoms with Crippen molar-refractivity contribution in [1.29, 1.82) is 0 Å². The molecule has 0 saturated carbocycles. The highest BCUT2D eigenvalue weighted by Crippen LogP contribution is 2.54. The van der Waals surface area contributed by atoms with Gasteiger partial charge in [0.1, 0.15) is 5.75 Å². The molecule has 1 atom stereocenters. The summed E-state index contributed by atoms with van der Waals surface area (Å²) in [5.74, 6) is 1.03. The summed E-state index contributed by atoms with van der Waals surface area (Å²) in [4.78, 5) is 0.423. The quantitative estimate of drug-likeness (QED) is 0.686. The maximum atomic E-state index is 5.75. The molecule has 0 radical (unpaired) electrons. The fraction of sp³-hybridized carbons (Fsp3) is 0.538. The van der Waals surface area contributed by atoms with E-state index in [1.165, 1.54) is 15.6 Å². The lowest BCUT2D eigenvalue weighted by atomic mass is 9.86. The molecular formula is C13H16Br2O. The van der Waals surface area contributed by atoms with Gasteiger partial charge in [0.15, 0.2) is 0 Å². The second-order valence-electron chi connectivity index (χ2n) is 4.82. The van der Waals surface area contributed by atoms with Crippen LogP contribution in [-0.4, -0.2) is 6.61 Å². The van der Waals surface area contributed by atoms with E-state index in [2.05, 4.69) is 57.8 Å². The van der Waals surface area contributed by atoms with Crippen LogP contribution in [0.25, 0.3) is 0 Å². The monoisotopic (exact) mass is 346 g/mol. The van der Waals surface area contributed by atoms with Crippen molar-refractivity contribution in [1.82, 2.24) is 0 Å².